The van der Waals surface area contributed by atoms with Crippen molar-refractivity contribution in [3.05, 3.63) is 0 Å². The van der Waals surface area contributed by atoms with E-state index in [9.17, 15) is 5.11 Å². The first-order valence-electron chi connectivity index (χ1n) is 9.81. The Balaban J connectivity index is 1.55. The van der Waals surface area contributed by atoms with Gasteiger partial charge in [-0.05, 0) is 87.4 Å². The van der Waals surface area contributed by atoms with Crippen LogP contribution < -0.4 is 0 Å². The highest BCUT2D eigenvalue weighted by Gasteiger charge is 2.62. The fourth-order valence-electron chi connectivity index (χ4n) is 7.14. The summed E-state index contributed by atoms with van der Waals surface area (Å²) in [5.74, 6) is 6.65. The van der Waals surface area contributed by atoms with Gasteiger partial charge in [-0.2, -0.15) is 0 Å². The quantitative estimate of drug-likeness (QED) is 0.583. The van der Waals surface area contributed by atoms with Crippen LogP contribution in [-0.4, -0.2) is 23.5 Å². The minimum absolute atomic E-state index is 0.0624. The van der Waals surface area contributed by atoms with Crippen molar-refractivity contribution in [3.63, 3.8) is 0 Å². The SMILES string of the molecule is C#C[C@]1(O)CC[C@H]2[C@@H]3CC[C@@H]4C/C(=N\OC)CC[C@@H]4[C@H]3CC[C@@]21C. The Morgan fingerprint density at radius 3 is 2.71 bits per heavy atom. The molecule has 0 amide bonds. The van der Waals surface area contributed by atoms with Crippen molar-refractivity contribution in [1.82, 2.24) is 0 Å². The van der Waals surface area contributed by atoms with Gasteiger partial charge in [-0.25, -0.2) is 0 Å². The number of hydrogen-bond acceptors (Lipinski definition) is 3. The predicted octanol–water partition coefficient (Wildman–Crippen LogP) is 4.01. The molecule has 4 aliphatic carbocycles. The highest BCUT2D eigenvalue weighted by atomic mass is 16.6. The van der Waals surface area contributed by atoms with Crippen molar-refractivity contribution in [2.75, 3.05) is 7.11 Å². The molecule has 0 bridgehead atoms. The highest BCUT2D eigenvalue weighted by molar-refractivity contribution is 5.85. The minimum Gasteiger partial charge on any atom is -0.399 e. The Morgan fingerprint density at radius 2 is 1.96 bits per heavy atom. The lowest BCUT2D eigenvalue weighted by Crippen LogP contribution is -2.53. The maximum atomic E-state index is 11.0. The van der Waals surface area contributed by atoms with Gasteiger partial charge in [0.05, 0.1) is 5.71 Å². The molecule has 0 heterocycles. The zero-order chi connectivity index (χ0) is 16.9. The second-order valence-corrected chi connectivity index (χ2v) is 9.02. The molecule has 4 rings (SSSR count). The third-order valence-electron chi connectivity index (χ3n) is 8.39. The number of aliphatic hydroxyl groups is 1. The van der Waals surface area contributed by atoms with Gasteiger partial charge < -0.3 is 9.94 Å². The molecule has 24 heavy (non-hydrogen) atoms. The van der Waals surface area contributed by atoms with Gasteiger partial charge in [0.1, 0.15) is 12.7 Å². The number of hydrogen-bond donors (Lipinski definition) is 1. The lowest BCUT2D eigenvalue weighted by atomic mass is 9.49. The zero-order valence-electron chi connectivity index (χ0n) is 15.1. The number of rotatable bonds is 1. The van der Waals surface area contributed by atoms with Crippen molar-refractivity contribution in [1.29, 1.82) is 0 Å². The second-order valence-electron chi connectivity index (χ2n) is 9.02. The van der Waals surface area contributed by atoms with E-state index in [4.69, 9.17) is 11.3 Å². The van der Waals surface area contributed by atoms with Gasteiger partial charge in [0.25, 0.3) is 0 Å². The summed E-state index contributed by atoms with van der Waals surface area (Å²) in [6.45, 7) is 2.27. The molecule has 4 aliphatic rings. The first kappa shape index (κ1) is 16.5. The van der Waals surface area contributed by atoms with E-state index in [-0.39, 0.29) is 5.41 Å². The van der Waals surface area contributed by atoms with Gasteiger partial charge in [-0.1, -0.05) is 18.0 Å². The van der Waals surface area contributed by atoms with E-state index in [0.29, 0.717) is 5.92 Å². The maximum Gasteiger partial charge on any atom is 0.130 e. The topological polar surface area (TPSA) is 41.8 Å². The second kappa shape index (κ2) is 5.77. The molecule has 0 aromatic rings. The lowest BCUT2D eigenvalue weighted by molar-refractivity contribution is -0.101. The van der Waals surface area contributed by atoms with Gasteiger partial charge in [0.15, 0.2) is 0 Å². The third-order valence-corrected chi connectivity index (χ3v) is 8.39. The van der Waals surface area contributed by atoms with Crippen LogP contribution in [0.5, 0.6) is 0 Å². The molecular weight excluding hydrogens is 298 g/mol. The fourth-order valence-corrected chi connectivity index (χ4v) is 7.14. The molecule has 0 spiro atoms. The number of fused-ring (bicyclic) bond motifs is 5. The van der Waals surface area contributed by atoms with E-state index in [1.54, 1.807) is 7.11 Å². The van der Waals surface area contributed by atoms with E-state index in [1.165, 1.54) is 31.4 Å². The molecule has 1 N–H and O–H groups in total. The van der Waals surface area contributed by atoms with Crippen molar-refractivity contribution in [2.45, 2.75) is 70.3 Å². The van der Waals surface area contributed by atoms with Gasteiger partial charge in [0, 0.05) is 5.41 Å². The van der Waals surface area contributed by atoms with Gasteiger partial charge in [-0.3, -0.25) is 0 Å². The summed E-state index contributed by atoms with van der Waals surface area (Å²) in [7, 11) is 1.66. The van der Waals surface area contributed by atoms with E-state index >= 15 is 0 Å². The molecule has 3 nitrogen and oxygen atoms in total. The van der Waals surface area contributed by atoms with Gasteiger partial charge in [-0.15, -0.1) is 6.42 Å². The van der Waals surface area contributed by atoms with Crippen LogP contribution in [0.4, 0.5) is 0 Å². The molecule has 0 unspecified atom stereocenters. The smallest absolute Gasteiger partial charge is 0.130 e. The van der Waals surface area contributed by atoms with Crippen LogP contribution >= 0.6 is 0 Å². The molecule has 0 aromatic carbocycles. The van der Waals surface area contributed by atoms with Crippen LogP contribution in [0.2, 0.25) is 0 Å². The Morgan fingerprint density at radius 1 is 1.12 bits per heavy atom. The average Bonchev–Trinajstić information content (AvgIpc) is 2.87. The molecule has 0 aliphatic heterocycles. The Kier molecular flexibility index (Phi) is 3.95. The Hall–Kier alpha value is -1.01. The van der Waals surface area contributed by atoms with E-state index in [0.717, 1.165) is 55.8 Å². The van der Waals surface area contributed by atoms with Gasteiger partial charge in [0.2, 0.25) is 0 Å². The first-order valence-corrected chi connectivity index (χ1v) is 9.81. The third kappa shape index (κ3) is 2.18. The normalized spacial score (nSPS) is 52.1. The van der Waals surface area contributed by atoms with Crippen LogP contribution in [0.1, 0.15) is 64.7 Å². The molecule has 0 radical (unpaired) electrons. The van der Waals surface area contributed by atoms with Crippen LogP contribution in [0.15, 0.2) is 5.16 Å². The summed E-state index contributed by atoms with van der Waals surface area (Å²) < 4.78 is 0. The van der Waals surface area contributed by atoms with Crippen LogP contribution in [0.3, 0.4) is 0 Å². The Labute approximate surface area is 146 Å². The fraction of sp³-hybridized carbons (Fsp3) is 0.857. The maximum absolute atomic E-state index is 11.0. The average molecular weight is 329 g/mol. The summed E-state index contributed by atoms with van der Waals surface area (Å²) in [4.78, 5) is 5.01. The molecule has 4 fully saturated rings. The van der Waals surface area contributed by atoms with Crippen LogP contribution in [0, 0.1) is 47.3 Å². The molecular formula is C21H31NO2. The number of nitrogens with zero attached hydrogens (tertiary/aromatic N) is 1. The molecule has 3 heteroatoms. The van der Waals surface area contributed by atoms with Crippen molar-refractivity contribution < 1.29 is 9.94 Å². The lowest BCUT2D eigenvalue weighted by Gasteiger charge is -2.56. The van der Waals surface area contributed by atoms with Crippen molar-refractivity contribution in [3.8, 4) is 12.3 Å². The largest absolute Gasteiger partial charge is 0.399 e. The minimum atomic E-state index is -0.871. The molecule has 0 aromatic heterocycles. The molecule has 132 valence electrons. The number of oxime groups is 1. The van der Waals surface area contributed by atoms with Crippen molar-refractivity contribution in [2.24, 2.45) is 40.2 Å². The predicted molar refractivity (Wildman–Crippen MR) is 95.3 cm³/mol. The Bertz CT molecular complexity index is 579. The summed E-state index contributed by atoms with van der Waals surface area (Å²) in [5, 5.41) is 15.2. The standard InChI is InChI=1S/C21H31NO2/c1-4-21(23)12-10-19-18-7-5-14-13-15(22-24-3)6-8-16(14)17(18)9-11-20(19,21)2/h1,14,16-19,23H,5-13H2,2-3H3/b22-15-/t14-,16+,17-,18-,19+,20+,21+/m1/s1. The van der Waals surface area contributed by atoms with E-state index in [2.05, 4.69) is 18.0 Å². The number of terminal acetylenes is 1. The summed E-state index contributed by atoms with van der Waals surface area (Å²) in [6, 6.07) is 0. The van der Waals surface area contributed by atoms with Crippen molar-refractivity contribution >= 4 is 5.71 Å². The van der Waals surface area contributed by atoms with E-state index in [1.807, 2.05) is 0 Å². The summed E-state index contributed by atoms with van der Waals surface area (Å²) in [5.41, 5.74) is 0.331. The summed E-state index contributed by atoms with van der Waals surface area (Å²) >= 11 is 0. The monoisotopic (exact) mass is 329 g/mol. The van der Waals surface area contributed by atoms with Crippen LogP contribution in [-0.2, 0) is 4.84 Å². The van der Waals surface area contributed by atoms with Gasteiger partial charge >= 0.3 is 0 Å². The zero-order valence-corrected chi connectivity index (χ0v) is 15.1. The molecule has 7 atom stereocenters. The highest BCUT2D eigenvalue weighted by Crippen LogP contribution is 2.65. The summed E-state index contributed by atoms with van der Waals surface area (Å²) in [6.07, 6.45) is 16.2. The molecule has 4 saturated carbocycles. The molecule has 0 saturated heterocycles. The van der Waals surface area contributed by atoms with Crippen LogP contribution in [0.25, 0.3) is 0 Å². The first-order chi connectivity index (χ1) is 11.5. The van der Waals surface area contributed by atoms with E-state index < -0.39 is 5.60 Å².